The molecule has 1 fully saturated rings. The number of nitrogens with two attached hydrogens (primary N) is 1. The molecule has 0 aliphatic carbocycles. The number of thiophene rings is 1. The molecule has 2 aromatic heterocycles. The first-order chi connectivity index (χ1) is 16.7. The fourth-order valence-corrected chi connectivity index (χ4v) is 6.90. The van der Waals surface area contributed by atoms with Gasteiger partial charge in [0.05, 0.1) is 0 Å². The van der Waals surface area contributed by atoms with Gasteiger partial charge in [0.25, 0.3) is 5.91 Å². The molecule has 2 aliphatic rings. The molecule has 4 atom stereocenters. The van der Waals surface area contributed by atoms with Crippen molar-refractivity contribution in [2.45, 2.75) is 28.0 Å². The molecule has 0 aromatic carbocycles. The highest BCUT2D eigenvalue weighted by Gasteiger charge is 2.56. The molecule has 4 rings (SSSR count). The number of methoxy groups -OCH3 is 1. The quantitative estimate of drug-likeness (QED) is 0.236. The molecule has 0 spiro atoms. The lowest BCUT2D eigenvalue weighted by Gasteiger charge is -2.50. The second-order valence-corrected chi connectivity index (χ2v) is 10.4. The average molecular weight is 541 g/mol. The number of aromatic nitrogens is 4. The molecule has 17 heteroatoms. The molecule has 14 nitrogen and oxygen atoms in total. The van der Waals surface area contributed by atoms with Crippen LogP contribution < -0.4 is 16.4 Å². The largest absolute Gasteiger partial charge is 0.477 e. The number of aryl methyl sites for hydroxylation is 1. The van der Waals surface area contributed by atoms with Gasteiger partial charge in [-0.3, -0.25) is 14.5 Å². The molecule has 0 saturated carbocycles. The molecule has 0 bridgehead atoms. The van der Waals surface area contributed by atoms with Crippen molar-refractivity contribution >= 4 is 58.7 Å². The second kappa shape index (κ2) is 10.2. The third-order valence-electron chi connectivity index (χ3n) is 5.18. The van der Waals surface area contributed by atoms with Gasteiger partial charge in [0.1, 0.15) is 22.5 Å². The fourth-order valence-electron chi connectivity index (χ4n) is 3.59. The Labute approximate surface area is 210 Å². The highest BCUT2D eigenvalue weighted by Crippen LogP contribution is 2.45. The van der Waals surface area contributed by atoms with Gasteiger partial charge in [-0.1, -0.05) is 17.8 Å². The molecule has 35 heavy (non-hydrogen) atoms. The van der Waals surface area contributed by atoms with E-state index in [4.69, 9.17) is 10.5 Å². The SMILES string of the molecule is COC1C(=O)N2C(C(=O)O)=C(CSc3nnnn3C)C(NC(=O)C(NC(N)=O)c3cccs3)S[C@H]12. The zero-order chi connectivity index (χ0) is 25.3. The van der Waals surface area contributed by atoms with Gasteiger partial charge in [0.15, 0.2) is 6.10 Å². The zero-order valence-electron chi connectivity index (χ0n) is 18.3. The second-order valence-electron chi connectivity index (χ2n) is 7.29. The minimum absolute atomic E-state index is 0.0643. The molecule has 4 heterocycles. The number of hydrogen-bond acceptors (Lipinski definition) is 11. The maximum atomic E-state index is 13.3. The number of tetrazole rings is 1. The van der Waals surface area contributed by atoms with Crippen LogP contribution >= 0.6 is 34.9 Å². The summed E-state index contributed by atoms with van der Waals surface area (Å²) in [6.07, 6.45) is -0.859. The molecule has 186 valence electrons. The molecular weight excluding hydrogens is 520 g/mol. The number of nitrogens with zero attached hydrogens (tertiary/aromatic N) is 5. The van der Waals surface area contributed by atoms with Crippen LogP contribution in [-0.4, -0.2) is 83.7 Å². The molecule has 2 aromatic rings. The smallest absolute Gasteiger partial charge is 0.352 e. The molecule has 1 saturated heterocycles. The Hall–Kier alpha value is -3.15. The molecule has 2 aliphatic heterocycles. The molecular formula is C18H20N8O6S3. The number of fused-ring (bicyclic) bond motifs is 1. The van der Waals surface area contributed by atoms with E-state index in [1.165, 1.54) is 23.1 Å². The molecule has 4 amide bonds. The lowest BCUT2D eigenvalue weighted by molar-refractivity contribution is -0.162. The zero-order valence-corrected chi connectivity index (χ0v) is 20.7. The maximum Gasteiger partial charge on any atom is 0.352 e. The third-order valence-corrected chi connectivity index (χ3v) is 8.58. The highest BCUT2D eigenvalue weighted by atomic mass is 32.2. The lowest BCUT2D eigenvalue weighted by Crippen LogP contribution is -2.67. The maximum absolute atomic E-state index is 13.3. The van der Waals surface area contributed by atoms with Gasteiger partial charge < -0.3 is 26.2 Å². The summed E-state index contributed by atoms with van der Waals surface area (Å²) in [5.74, 6) is -2.34. The average Bonchev–Trinajstić information content (AvgIpc) is 3.48. The number of rotatable bonds is 9. The van der Waals surface area contributed by atoms with E-state index in [9.17, 15) is 24.3 Å². The Balaban J connectivity index is 1.67. The van der Waals surface area contributed by atoms with Crippen LogP contribution in [0.4, 0.5) is 4.79 Å². The van der Waals surface area contributed by atoms with E-state index in [1.54, 1.807) is 24.6 Å². The van der Waals surface area contributed by atoms with Gasteiger partial charge in [0.2, 0.25) is 11.1 Å². The predicted octanol–water partition coefficient (Wildman–Crippen LogP) is -0.516. The Morgan fingerprint density at radius 2 is 2.17 bits per heavy atom. The topological polar surface area (TPSA) is 195 Å². The number of carbonyl (C=O) groups is 4. The Bertz CT molecular complexity index is 1180. The number of primary amides is 1. The number of amides is 4. The number of carboxylic acid groups (broad SMARTS) is 1. The van der Waals surface area contributed by atoms with Gasteiger partial charge >= 0.3 is 12.0 Å². The van der Waals surface area contributed by atoms with Crippen molar-refractivity contribution < 1.29 is 29.0 Å². The summed E-state index contributed by atoms with van der Waals surface area (Å²) >= 11 is 3.56. The molecule has 3 unspecified atom stereocenters. The van der Waals surface area contributed by atoms with Crippen LogP contribution in [-0.2, 0) is 26.2 Å². The number of aliphatic carboxylic acids is 1. The van der Waals surface area contributed by atoms with E-state index in [0.29, 0.717) is 10.0 Å². The Kier molecular flexibility index (Phi) is 7.29. The summed E-state index contributed by atoms with van der Waals surface area (Å²) in [5.41, 5.74) is 5.30. The number of ether oxygens (including phenoxy) is 1. The monoisotopic (exact) mass is 540 g/mol. The first-order valence-electron chi connectivity index (χ1n) is 9.95. The molecule has 0 radical (unpaired) electrons. The fraction of sp³-hybridized carbons (Fsp3) is 0.389. The lowest BCUT2D eigenvalue weighted by atomic mass is 10.0. The Morgan fingerprint density at radius 3 is 2.74 bits per heavy atom. The van der Waals surface area contributed by atoms with E-state index in [2.05, 4.69) is 26.2 Å². The van der Waals surface area contributed by atoms with Gasteiger partial charge in [-0.25, -0.2) is 14.3 Å². The van der Waals surface area contributed by atoms with Crippen molar-refractivity contribution in [2.24, 2.45) is 12.8 Å². The predicted molar refractivity (Wildman–Crippen MR) is 125 cm³/mol. The molecule has 5 N–H and O–H groups in total. The summed E-state index contributed by atoms with van der Waals surface area (Å²) < 4.78 is 6.64. The van der Waals surface area contributed by atoms with E-state index < -0.39 is 46.7 Å². The summed E-state index contributed by atoms with van der Waals surface area (Å²) in [6.45, 7) is 0. The van der Waals surface area contributed by atoms with Crippen LogP contribution in [0.15, 0.2) is 33.9 Å². The van der Waals surface area contributed by atoms with Crippen LogP contribution in [0.2, 0.25) is 0 Å². The number of β-lactam (4-membered cyclic amide) rings is 1. The van der Waals surface area contributed by atoms with Crippen molar-refractivity contribution in [1.82, 2.24) is 35.7 Å². The summed E-state index contributed by atoms with van der Waals surface area (Å²) in [7, 11) is 2.98. The van der Waals surface area contributed by atoms with Crippen LogP contribution in [0.25, 0.3) is 0 Å². The summed E-state index contributed by atoms with van der Waals surface area (Å²) in [4.78, 5) is 51.4. The van der Waals surface area contributed by atoms with Crippen molar-refractivity contribution in [3.05, 3.63) is 33.7 Å². The van der Waals surface area contributed by atoms with E-state index in [1.807, 2.05) is 0 Å². The first kappa shape index (κ1) is 25.0. The van der Waals surface area contributed by atoms with Gasteiger partial charge in [-0.15, -0.1) is 28.2 Å². The number of thioether (sulfide) groups is 2. The normalized spacial score (nSPS) is 22.3. The summed E-state index contributed by atoms with van der Waals surface area (Å²) in [5, 5.41) is 27.1. The van der Waals surface area contributed by atoms with Crippen molar-refractivity contribution in [1.29, 1.82) is 0 Å². The van der Waals surface area contributed by atoms with Crippen LogP contribution in [0, 0.1) is 0 Å². The number of hydrogen-bond donors (Lipinski definition) is 4. The van der Waals surface area contributed by atoms with E-state index in [-0.39, 0.29) is 17.0 Å². The number of nitrogens with one attached hydrogen (secondary N) is 2. The third kappa shape index (κ3) is 4.84. The summed E-state index contributed by atoms with van der Waals surface area (Å²) in [6, 6.07) is 1.41. The number of carboxylic acids is 1. The number of carbonyl (C=O) groups excluding carboxylic acids is 3. The van der Waals surface area contributed by atoms with Crippen molar-refractivity contribution in [3.63, 3.8) is 0 Å². The van der Waals surface area contributed by atoms with Crippen LogP contribution in [0.1, 0.15) is 10.9 Å². The highest BCUT2D eigenvalue weighted by molar-refractivity contribution is 8.01. The van der Waals surface area contributed by atoms with Gasteiger partial charge in [-0.2, -0.15) is 0 Å². The van der Waals surface area contributed by atoms with E-state index >= 15 is 0 Å². The standard InChI is InChI=1S/C18H20N8O6S3/c1-25-18(22-23-24-25)34-6-7-10(16(29)30)26-14(28)11(32-2)15(26)35-13(7)21-12(27)9(20-17(19)31)8-4-3-5-33-8/h3-5,9,11,13,15H,6H2,1-2H3,(H,21,27)(H,29,30)(H3,19,20,31)/t9?,11?,13?,15-/m1/s1. The Morgan fingerprint density at radius 1 is 1.40 bits per heavy atom. The van der Waals surface area contributed by atoms with E-state index in [0.717, 1.165) is 28.4 Å². The van der Waals surface area contributed by atoms with Crippen molar-refractivity contribution in [2.75, 3.05) is 12.9 Å². The van der Waals surface area contributed by atoms with Crippen molar-refractivity contribution in [3.8, 4) is 0 Å². The minimum atomic E-state index is -1.32. The van der Waals surface area contributed by atoms with Gasteiger partial charge in [-0.05, 0) is 21.9 Å². The number of urea groups is 1. The first-order valence-corrected chi connectivity index (χ1v) is 12.8. The van der Waals surface area contributed by atoms with Crippen LogP contribution in [0.3, 0.4) is 0 Å². The minimum Gasteiger partial charge on any atom is -0.477 e. The van der Waals surface area contributed by atoms with Crippen LogP contribution in [0.5, 0.6) is 0 Å². The van der Waals surface area contributed by atoms with Gasteiger partial charge in [0, 0.05) is 30.4 Å².